The van der Waals surface area contributed by atoms with Crippen molar-refractivity contribution in [3.63, 3.8) is 0 Å². The zero-order valence-electron chi connectivity index (χ0n) is 9.16. The van der Waals surface area contributed by atoms with Gasteiger partial charge in [-0.3, -0.25) is 0 Å². The lowest BCUT2D eigenvalue weighted by molar-refractivity contribution is 0.194. The minimum absolute atomic E-state index is 0.372. The van der Waals surface area contributed by atoms with Gasteiger partial charge in [0.25, 0.3) is 0 Å². The van der Waals surface area contributed by atoms with Crippen molar-refractivity contribution in [3.8, 4) is 0 Å². The fourth-order valence-electron chi connectivity index (χ4n) is 1.44. The van der Waals surface area contributed by atoms with Crippen molar-refractivity contribution in [2.75, 3.05) is 0 Å². The second-order valence-corrected chi connectivity index (χ2v) is 4.07. The summed E-state index contributed by atoms with van der Waals surface area (Å²) >= 11 is 0. The number of hydrogen-bond acceptors (Lipinski definition) is 1. The Labute approximate surface area is 90.1 Å². The zero-order valence-corrected chi connectivity index (χ0v) is 9.16. The van der Waals surface area contributed by atoms with Crippen LogP contribution in [0.5, 0.6) is 0 Å². The Kier molecular flexibility index (Phi) is 4.16. The summed E-state index contributed by atoms with van der Waals surface area (Å²) < 4.78 is 0. The van der Waals surface area contributed by atoms with Crippen molar-refractivity contribution in [2.45, 2.75) is 26.8 Å². The highest BCUT2D eigenvalue weighted by atomic mass is 16.4. The molecule has 0 bridgehead atoms. The van der Waals surface area contributed by atoms with Crippen LogP contribution >= 0.6 is 0 Å². The van der Waals surface area contributed by atoms with Crippen molar-refractivity contribution in [1.29, 1.82) is 0 Å². The van der Waals surface area contributed by atoms with Crippen LogP contribution < -0.4 is 5.32 Å². The Balaban J connectivity index is 2.52. The fourth-order valence-corrected chi connectivity index (χ4v) is 1.44. The van der Waals surface area contributed by atoms with Gasteiger partial charge in [0, 0.05) is 6.54 Å². The van der Waals surface area contributed by atoms with Crippen LogP contribution in [-0.4, -0.2) is 11.2 Å². The molecule has 3 heteroatoms. The van der Waals surface area contributed by atoms with Gasteiger partial charge in [0.15, 0.2) is 0 Å². The lowest BCUT2D eigenvalue weighted by Crippen LogP contribution is -2.19. The Morgan fingerprint density at radius 3 is 2.27 bits per heavy atom. The van der Waals surface area contributed by atoms with Crippen molar-refractivity contribution < 1.29 is 9.90 Å². The molecule has 15 heavy (non-hydrogen) atoms. The standard InChI is InChI=1S/C12H17NO2/c1-9(2)7-10-3-5-11(6-4-10)8-13-12(14)15/h3-6,9,13H,7-8H2,1-2H3,(H,14,15). The molecule has 0 radical (unpaired) electrons. The largest absolute Gasteiger partial charge is 0.465 e. The topological polar surface area (TPSA) is 49.3 Å². The van der Waals surface area contributed by atoms with Gasteiger partial charge < -0.3 is 10.4 Å². The van der Waals surface area contributed by atoms with Crippen molar-refractivity contribution in [2.24, 2.45) is 5.92 Å². The molecular weight excluding hydrogens is 190 g/mol. The molecule has 1 amide bonds. The molecule has 0 saturated heterocycles. The Morgan fingerprint density at radius 2 is 1.80 bits per heavy atom. The Morgan fingerprint density at radius 1 is 1.27 bits per heavy atom. The van der Waals surface area contributed by atoms with Gasteiger partial charge in [-0.25, -0.2) is 4.79 Å². The number of carboxylic acid groups (broad SMARTS) is 1. The third kappa shape index (κ3) is 4.49. The van der Waals surface area contributed by atoms with Crippen LogP contribution in [0.2, 0.25) is 0 Å². The lowest BCUT2D eigenvalue weighted by Gasteiger charge is -2.06. The van der Waals surface area contributed by atoms with E-state index in [4.69, 9.17) is 5.11 Å². The van der Waals surface area contributed by atoms with Gasteiger partial charge in [-0.15, -0.1) is 0 Å². The van der Waals surface area contributed by atoms with E-state index in [2.05, 4.69) is 31.3 Å². The molecule has 0 aliphatic rings. The van der Waals surface area contributed by atoms with Gasteiger partial charge in [-0.2, -0.15) is 0 Å². The molecule has 1 rings (SSSR count). The predicted molar refractivity (Wildman–Crippen MR) is 59.8 cm³/mol. The van der Waals surface area contributed by atoms with Gasteiger partial charge in [-0.05, 0) is 23.5 Å². The SMILES string of the molecule is CC(C)Cc1ccc(CNC(=O)O)cc1. The van der Waals surface area contributed by atoms with Gasteiger partial charge in [0.1, 0.15) is 0 Å². The molecule has 82 valence electrons. The summed E-state index contributed by atoms with van der Waals surface area (Å²) in [5.41, 5.74) is 2.29. The highest BCUT2D eigenvalue weighted by Crippen LogP contribution is 2.09. The minimum atomic E-state index is -0.985. The number of amides is 1. The van der Waals surface area contributed by atoms with E-state index in [0.29, 0.717) is 12.5 Å². The molecule has 0 saturated carbocycles. The van der Waals surface area contributed by atoms with Crippen LogP contribution in [0, 0.1) is 5.92 Å². The van der Waals surface area contributed by atoms with Gasteiger partial charge in [0.2, 0.25) is 0 Å². The van der Waals surface area contributed by atoms with E-state index in [1.54, 1.807) is 0 Å². The van der Waals surface area contributed by atoms with Crippen LogP contribution in [-0.2, 0) is 13.0 Å². The summed E-state index contributed by atoms with van der Waals surface area (Å²) in [7, 11) is 0. The Hall–Kier alpha value is -1.51. The number of nitrogens with one attached hydrogen (secondary N) is 1. The summed E-state index contributed by atoms with van der Waals surface area (Å²) in [5.74, 6) is 0.646. The van der Waals surface area contributed by atoms with Crippen LogP contribution in [0.4, 0.5) is 4.79 Å². The van der Waals surface area contributed by atoms with E-state index in [-0.39, 0.29) is 0 Å². The van der Waals surface area contributed by atoms with Crippen molar-refractivity contribution >= 4 is 6.09 Å². The van der Waals surface area contributed by atoms with E-state index in [1.165, 1.54) is 5.56 Å². The maximum atomic E-state index is 10.3. The normalized spacial score (nSPS) is 10.3. The molecule has 0 spiro atoms. The average molecular weight is 207 g/mol. The predicted octanol–water partition coefficient (Wildman–Crippen LogP) is 2.65. The average Bonchev–Trinajstić information content (AvgIpc) is 2.16. The second kappa shape index (κ2) is 5.39. The molecule has 0 unspecified atom stereocenters. The van der Waals surface area contributed by atoms with Crippen LogP contribution in [0.15, 0.2) is 24.3 Å². The van der Waals surface area contributed by atoms with Gasteiger partial charge in [-0.1, -0.05) is 38.1 Å². The van der Waals surface area contributed by atoms with E-state index >= 15 is 0 Å². The molecule has 0 aromatic heterocycles. The summed E-state index contributed by atoms with van der Waals surface area (Å²) in [6.07, 6.45) is 0.0772. The van der Waals surface area contributed by atoms with Crippen LogP contribution in [0.3, 0.4) is 0 Å². The second-order valence-electron chi connectivity index (χ2n) is 4.07. The quantitative estimate of drug-likeness (QED) is 0.797. The monoisotopic (exact) mass is 207 g/mol. The van der Waals surface area contributed by atoms with Gasteiger partial charge >= 0.3 is 6.09 Å². The third-order valence-electron chi connectivity index (χ3n) is 2.11. The first kappa shape index (κ1) is 11.6. The van der Waals surface area contributed by atoms with Crippen LogP contribution in [0.1, 0.15) is 25.0 Å². The molecule has 0 heterocycles. The molecule has 0 atom stereocenters. The smallest absolute Gasteiger partial charge is 0.404 e. The number of carbonyl (C=O) groups is 1. The van der Waals surface area contributed by atoms with Crippen LogP contribution in [0.25, 0.3) is 0 Å². The highest BCUT2D eigenvalue weighted by Gasteiger charge is 1.99. The molecule has 0 fully saturated rings. The molecule has 3 nitrogen and oxygen atoms in total. The highest BCUT2D eigenvalue weighted by molar-refractivity contribution is 5.64. The fraction of sp³-hybridized carbons (Fsp3) is 0.417. The summed E-state index contributed by atoms with van der Waals surface area (Å²) in [6, 6.07) is 8.04. The lowest BCUT2D eigenvalue weighted by atomic mass is 10.0. The minimum Gasteiger partial charge on any atom is -0.465 e. The number of hydrogen-bond donors (Lipinski definition) is 2. The molecule has 1 aromatic carbocycles. The zero-order chi connectivity index (χ0) is 11.3. The van der Waals surface area contributed by atoms with E-state index < -0.39 is 6.09 Å². The summed E-state index contributed by atoms with van der Waals surface area (Å²) in [6.45, 7) is 4.73. The summed E-state index contributed by atoms with van der Waals surface area (Å²) in [4.78, 5) is 10.3. The first-order valence-corrected chi connectivity index (χ1v) is 5.12. The van der Waals surface area contributed by atoms with E-state index in [0.717, 1.165) is 12.0 Å². The first-order valence-electron chi connectivity index (χ1n) is 5.12. The summed E-state index contributed by atoms with van der Waals surface area (Å²) in [5, 5.41) is 10.8. The molecule has 0 aliphatic carbocycles. The van der Waals surface area contributed by atoms with Crippen molar-refractivity contribution in [1.82, 2.24) is 5.32 Å². The van der Waals surface area contributed by atoms with E-state index in [1.807, 2.05) is 12.1 Å². The Bertz CT molecular complexity index is 317. The number of rotatable bonds is 4. The van der Waals surface area contributed by atoms with Gasteiger partial charge in [0.05, 0.1) is 0 Å². The molecular formula is C12H17NO2. The maximum Gasteiger partial charge on any atom is 0.404 e. The first-order chi connectivity index (χ1) is 7.08. The van der Waals surface area contributed by atoms with Crippen molar-refractivity contribution in [3.05, 3.63) is 35.4 Å². The number of benzene rings is 1. The third-order valence-corrected chi connectivity index (χ3v) is 2.11. The maximum absolute atomic E-state index is 10.3. The molecule has 2 N–H and O–H groups in total. The molecule has 0 aliphatic heterocycles. The van der Waals surface area contributed by atoms with E-state index in [9.17, 15) is 4.79 Å². The molecule has 1 aromatic rings.